The molecule has 0 amide bonds. The number of guanidine groups is 1. The van der Waals surface area contributed by atoms with Gasteiger partial charge in [0.05, 0.1) is 0 Å². The maximum Gasteiger partial charge on any atom is 0.193 e. The van der Waals surface area contributed by atoms with Gasteiger partial charge in [-0.2, -0.15) is 0 Å². The molecule has 0 atom stereocenters. The zero-order valence-electron chi connectivity index (χ0n) is 12.6. The predicted octanol–water partition coefficient (Wildman–Crippen LogP) is 3.19. The van der Waals surface area contributed by atoms with E-state index in [4.69, 9.17) is 11.6 Å². The van der Waals surface area contributed by atoms with E-state index in [-0.39, 0.29) is 0 Å². The van der Waals surface area contributed by atoms with Crippen LogP contribution in [0.2, 0.25) is 5.02 Å². The van der Waals surface area contributed by atoms with E-state index in [1.165, 1.54) is 12.0 Å². The number of nitrogens with zero attached hydrogens (tertiary/aromatic N) is 2. The van der Waals surface area contributed by atoms with Crippen LogP contribution < -0.4 is 5.32 Å². The van der Waals surface area contributed by atoms with Crippen LogP contribution in [0.3, 0.4) is 0 Å². The molecule has 0 bridgehead atoms. The van der Waals surface area contributed by atoms with Crippen molar-refractivity contribution in [2.24, 2.45) is 10.4 Å². The van der Waals surface area contributed by atoms with Crippen molar-refractivity contribution in [2.45, 2.75) is 26.7 Å². The molecule has 1 aliphatic heterocycles. The van der Waals surface area contributed by atoms with E-state index in [0.29, 0.717) is 5.41 Å². The maximum atomic E-state index is 6.17. The summed E-state index contributed by atoms with van der Waals surface area (Å²) in [7, 11) is 1.85. The molecule has 1 saturated heterocycles. The average molecular weight is 294 g/mol. The third-order valence-electron chi connectivity index (χ3n) is 3.82. The van der Waals surface area contributed by atoms with E-state index in [2.05, 4.69) is 35.1 Å². The van der Waals surface area contributed by atoms with Crippen molar-refractivity contribution in [3.63, 3.8) is 0 Å². The standard InChI is InChI=1S/C16H24ClN3/c1-16(2)9-11-20(12-16)15(18-3)19-10-8-13-6-4-5-7-14(13)17/h4-7H,8-12H2,1-3H3,(H,18,19). The van der Waals surface area contributed by atoms with E-state index in [0.717, 1.165) is 37.0 Å². The third kappa shape index (κ3) is 3.89. The van der Waals surface area contributed by atoms with Crippen molar-refractivity contribution in [3.8, 4) is 0 Å². The molecule has 0 aliphatic carbocycles. The topological polar surface area (TPSA) is 27.6 Å². The molecule has 1 heterocycles. The highest BCUT2D eigenvalue weighted by Gasteiger charge is 2.30. The van der Waals surface area contributed by atoms with Crippen LogP contribution in [0.25, 0.3) is 0 Å². The van der Waals surface area contributed by atoms with Gasteiger partial charge in [-0.05, 0) is 29.9 Å². The van der Waals surface area contributed by atoms with Crippen molar-refractivity contribution < 1.29 is 0 Å². The van der Waals surface area contributed by atoms with Crippen LogP contribution in [0.5, 0.6) is 0 Å². The lowest BCUT2D eigenvalue weighted by Crippen LogP contribution is -2.41. The minimum atomic E-state index is 0.389. The second-order valence-corrected chi connectivity index (χ2v) is 6.56. The third-order valence-corrected chi connectivity index (χ3v) is 4.19. The average Bonchev–Trinajstić information content (AvgIpc) is 2.77. The highest BCUT2D eigenvalue weighted by atomic mass is 35.5. The van der Waals surface area contributed by atoms with Crippen molar-refractivity contribution in [1.82, 2.24) is 10.2 Å². The first-order valence-electron chi connectivity index (χ1n) is 7.21. The summed E-state index contributed by atoms with van der Waals surface area (Å²) in [4.78, 5) is 6.73. The van der Waals surface area contributed by atoms with Gasteiger partial charge in [-0.15, -0.1) is 0 Å². The Bertz CT molecular complexity index is 482. The fourth-order valence-corrected chi connectivity index (χ4v) is 2.87. The number of aliphatic imine (C=N–C) groups is 1. The van der Waals surface area contributed by atoms with Crippen LogP contribution in [0, 0.1) is 5.41 Å². The number of hydrogen-bond donors (Lipinski definition) is 1. The summed E-state index contributed by atoms with van der Waals surface area (Å²) in [5.41, 5.74) is 1.57. The Morgan fingerprint density at radius 2 is 2.15 bits per heavy atom. The summed E-state index contributed by atoms with van der Waals surface area (Å²) in [6, 6.07) is 8.00. The fraction of sp³-hybridized carbons (Fsp3) is 0.562. The molecule has 4 heteroatoms. The quantitative estimate of drug-likeness (QED) is 0.685. The van der Waals surface area contributed by atoms with Crippen LogP contribution >= 0.6 is 11.6 Å². The lowest BCUT2D eigenvalue weighted by atomic mass is 9.93. The number of hydrogen-bond acceptors (Lipinski definition) is 1. The van der Waals surface area contributed by atoms with Gasteiger partial charge in [-0.3, -0.25) is 4.99 Å². The smallest absolute Gasteiger partial charge is 0.193 e. The number of rotatable bonds is 3. The van der Waals surface area contributed by atoms with Crippen molar-refractivity contribution in [1.29, 1.82) is 0 Å². The molecule has 2 rings (SSSR count). The summed E-state index contributed by atoms with van der Waals surface area (Å²) < 4.78 is 0. The Labute approximate surface area is 127 Å². The normalized spacial score (nSPS) is 18.4. The van der Waals surface area contributed by atoms with Crippen LogP contribution in [0.4, 0.5) is 0 Å². The van der Waals surface area contributed by atoms with E-state index in [1.54, 1.807) is 0 Å². The number of benzene rings is 1. The Hall–Kier alpha value is -1.22. The zero-order chi connectivity index (χ0) is 14.6. The van der Waals surface area contributed by atoms with Gasteiger partial charge in [0.2, 0.25) is 0 Å². The second-order valence-electron chi connectivity index (χ2n) is 6.15. The number of halogens is 1. The molecule has 20 heavy (non-hydrogen) atoms. The largest absolute Gasteiger partial charge is 0.356 e. The van der Waals surface area contributed by atoms with Crippen LogP contribution in [0.15, 0.2) is 29.3 Å². The molecule has 1 fully saturated rings. The van der Waals surface area contributed by atoms with Crippen molar-refractivity contribution >= 4 is 17.6 Å². The van der Waals surface area contributed by atoms with E-state index in [1.807, 2.05) is 25.2 Å². The molecule has 110 valence electrons. The molecule has 0 unspecified atom stereocenters. The first-order chi connectivity index (χ1) is 9.52. The number of nitrogens with one attached hydrogen (secondary N) is 1. The van der Waals surface area contributed by atoms with E-state index < -0.39 is 0 Å². The Morgan fingerprint density at radius 1 is 1.40 bits per heavy atom. The molecule has 1 aliphatic rings. The molecule has 0 radical (unpaired) electrons. The van der Waals surface area contributed by atoms with Gasteiger partial charge in [-0.1, -0.05) is 43.6 Å². The van der Waals surface area contributed by atoms with E-state index >= 15 is 0 Å². The van der Waals surface area contributed by atoms with Gasteiger partial charge in [0, 0.05) is 31.7 Å². The van der Waals surface area contributed by atoms with Gasteiger partial charge >= 0.3 is 0 Å². The summed E-state index contributed by atoms with van der Waals surface area (Å²) >= 11 is 6.17. The SMILES string of the molecule is CN=C(NCCc1ccccc1Cl)N1CCC(C)(C)C1. The van der Waals surface area contributed by atoms with Gasteiger partial charge < -0.3 is 10.2 Å². The Balaban J connectivity index is 1.85. The first-order valence-corrected chi connectivity index (χ1v) is 7.59. The van der Waals surface area contributed by atoms with Crippen molar-refractivity contribution in [3.05, 3.63) is 34.9 Å². The minimum Gasteiger partial charge on any atom is -0.356 e. The Morgan fingerprint density at radius 3 is 2.75 bits per heavy atom. The lowest BCUT2D eigenvalue weighted by molar-refractivity contribution is 0.370. The molecule has 1 N–H and O–H groups in total. The maximum absolute atomic E-state index is 6.17. The molecule has 1 aromatic rings. The highest BCUT2D eigenvalue weighted by Crippen LogP contribution is 2.28. The number of likely N-dealkylation sites (tertiary alicyclic amines) is 1. The molecule has 3 nitrogen and oxygen atoms in total. The minimum absolute atomic E-state index is 0.389. The first kappa shape index (κ1) is 15.2. The van der Waals surface area contributed by atoms with Gasteiger partial charge in [-0.25, -0.2) is 0 Å². The molecular formula is C16H24ClN3. The van der Waals surface area contributed by atoms with Crippen LogP contribution in [-0.2, 0) is 6.42 Å². The second kappa shape index (κ2) is 6.49. The Kier molecular flexibility index (Phi) is 4.92. The van der Waals surface area contributed by atoms with Crippen molar-refractivity contribution in [2.75, 3.05) is 26.7 Å². The zero-order valence-corrected chi connectivity index (χ0v) is 13.4. The summed E-state index contributed by atoms with van der Waals surface area (Å²) in [6.45, 7) is 7.62. The van der Waals surface area contributed by atoms with Crippen LogP contribution in [0.1, 0.15) is 25.8 Å². The molecule has 0 spiro atoms. The molecule has 0 saturated carbocycles. The van der Waals surface area contributed by atoms with Gasteiger partial charge in [0.25, 0.3) is 0 Å². The van der Waals surface area contributed by atoms with Gasteiger partial charge in [0.1, 0.15) is 0 Å². The van der Waals surface area contributed by atoms with E-state index in [9.17, 15) is 0 Å². The molecular weight excluding hydrogens is 270 g/mol. The molecule has 0 aromatic heterocycles. The summed E-state index contributed by atoms with van der Waals surface area (Å²) in [5.74, 6) is 1.00. The highest BCUT2D eigenvalue weighted by molar-refractivity contribution is 6.31. The fourth-order valence-electron chi connectivity index (χ4n) is 2.64. The summed E-state index contributed by atoms with van der Waals surface area (Å²) in [5, 5.41) is 4.28. The predicted molar refractivity (Wildman–Crippen MR) is 86.5 cm³/mol. The monoisotopic (exact) mass is 293 g/mol. The van der Waals surface area contributed by atoms with Crippen LogP contribution in [-0.4, -0.2) is 37.5 Å². The lowest BCUT2D eigenvalue weighted by Gasteiger charge is -2.23. The van der Waals surface area contributed by atoms with Gasteiger partial charge in [0.15, 0.2) is 5.96 Å². The molecule has 1 aromatic carbocycles. The summed E-state index contributed by atoms with van der Waals surface area (Å²) in [6.07, 6.45) is 2.13.